The number of furan rings is 1. The molecule has 0 fully saturated rings. The molecule has 7 rings (SSSR count). The lowest BCUT2D eigenvalue weighted by molar-refractivity contribution is 0.0697. The average molecular weight is 561 g/mol. The number of aromatic carboxylic acids is 1. The van der Waals surface area contributed by atoms with Gasteiger partial charge >= 0.3 is 5.97 Å². The average Bonchev–Trinajstić information content (AvgIpc) is 3.60. The van der Waals surface area contributed by atoms with Gasteiger partial charge in [0.25, 0.3) is 5.56 Å². The van der Waals surface area contributed by atoms with Crippen molar-refractivity contribution in [1.29, 1.82) is 0 Å². The Balaban J connectivity index is 1.37. The van der Waals surface area contributed by atoms with E-state index in [2.05, 4.69) is 18.2 Å². The van der Waals surface area contributed by atoms with E-state index in [1.54, 1.807) is 48.1 Å². The van der Waals surface area contributed by atoms with E-state index < -0.39 is 5.97 Å². The number of hydrogen-bond donors (Lipinski definition) is 1. The van der Waals surface area contributed by atoms with Crippen molar-refractivity contribution < 1.29 is 19.1 Å². The zero-order valence-electron chi connectivity index (χ0n) is 22.0. The number of aryl methyl sites for hydroxylation is 1. The highest BCUT2D eigenvalue weighted by Gasteiger charge is 2.32. The Kier molecular flexibility index (Phi) is 6.05. The van der Waals surface area contributed by atoms with Crippen LogP contribution in [0.1, 0.15) is 45.3 Å². The molecule has 5 aromatic rings. The number of allylic oxidation sites excluding steroid dienone is 1. The van der Waals surface area contributed by atoms with Crippen LogP contribution in [0.3, 0.4) is 0 Å². The highest BCUT2D eigenvalue weighted by molar-refractivity contribution is 7.07. The van der Waals surface area contributed by atoms with E-state index in [-0.39, 0.29) is 17.2 Å². The molecule has 1 atom stereocenters. The van der Waals surface area contributed by atoms with Gasteiger partial charge in [-0.3, -0.25) is 9.36 Å². The third-order valence-corrected chi connectivity index (χ3v) is 8.58. The van der Waals surface area contributed by atoms with Crippen molar-refractivity contribution in [1.82, 2.24) is 4.57 Å². The molecule has 8 heteroatoms. The highest BCUT2D eigenvalue weighted by atomic mass is 32.1. The molecule has 2 aromatic heterocycles. The summed E-state index contributed by atoms with van der Waals surface area (Å²) in [5.74, 6) is 0.778. The number of aromatic nitrogens is 1. The van der Waals surface area contributed by atoms with Crippen molar-refractivity contribution in [2.24, 2.45) is 4.99 Å². The van der Waals surface area contributed by atoms with E-state index >= 15 is 0 Å². The first-order valence-corrected chi connectivity index (χ1v) is 14.0. The predicted octanol–water partition coefficient (Wildman–Crippen LogP) is 5.29. The van der Waals surface area contributed by atoms with Crippen LogP contribution >= 0.6 is 11.3 Å². The summed E-state index contributed by atoms with van der Waals surface area (Å²) >= 11 is 1.34. The van der Waals surface area contributed by atoms with Crippen molar-refractivity contribution in [3.8, 4) is 17.1 Å². The first-order chi connectivity index (χ1) is 20.0. The number of carbonyl (C=O) groups is 1. The van der Waals surface area contributed by atoms with Crippen molar-refractivity contribution in [3.63, 3.8) is 0 Å². The third-order valence-electron chi connectivity index (χ3n) is 7.60. The van der Waals surface area contributed by atoms with Gasteiger partial charge in [-0.1, -0.05) is 59.9 Å². The molecule has 1 N–H and O–H groups in total. The first-order valence-electron chi connectivity index (χ1n) is 13.2. The fraction of sp³-hybridized carbons (Fsp3) is 0.121. The first kappa shape index (κ1) is 25.0. The Hall–Kier alpha value is -4.95. The summed E-state index contributed by atoms with van der Waals surface area (Å²) in [6, 6.07) is 26.1. The second-order valence-electron chi connectivity index (χ2n) is 9.97. The van der Waals surface area contributed by atoms with Crippen molar-refractivity contribution in [3.05, 3.63) is 138 Å². The normalized spacial score (nSPS) is 16.0. The van der Waals surface area contributed by atoms with Crippen LogP contribution in [-0.2, 0) is 6.42 Å². The zero-order valence-corrected chi connectivity index (χ0v) is 22.9. The predicted molar refractivity (Wildman–Crippen MR) is 157 cm³/mol. The number of carboxylic acids is 1. The summed E-state index contributed by atoms with van der Waals surface area (Å²) in [4.78, 5) is 31.1. The lowest BCUT2D eigenvalue weighted by Gasteiger charge is -2.30. The van der Waals surface area contributed by atoms with E-state index in [0.29, 0.717) is 26.4 Å². The van der Waals surface area contributed by atoms with Gasteiger partial charge in [-0.25, -0.2) is 9.79 Å². The van der Waals surface area contributed by atoms with Gasteiger partial charge in [0.1, 0.15) is 17.3 Å². The quantitative estimate of drug-likeness (QED) is 0.316. The SMILES string of the molecule is COc1ccc([C@H]2C3=C(N=c4s/c(=C/c5ccc(-c6cccc(C(=O)O)c6)o5)c(=O)n42)c2ccccc2CC3)cc1. The number of methoxy groups -OCH3 is 1. The number of benzene rings is 3. The second-order valence-corrected chi connectivity index (χ2v) is 11.0. The highest BCUT2D eigenvalue weighted by Crippen LogP contribution is 2.41. The fourth-order valence-corrected chi connectivity index (χ4v) is 6.61. The van der Waals surface area contributed by atoms with Crippen LogP contribution in [0.15, 0.2) is 105 Å². The van der Waals surface area contributed by atoms with E-state index in [9.17, 15) is 14.7 Å². The molecule has 1 aliphatic heterocycles. The van der Waals surface area contributed by atoms with Crippen molar-refractivity contribution in [2.75, 3.05) is 7.11 Å². The van der Waals surface area contributed by atoms with Crippen LogP contribution in [0, 0.1) is 0 Å². The lowest BCUT2D eigenvalue weighted by atomic mass is 9.83. The Morgan fingerprint density at radius 2 is 1.88 bits per heavy atom. The summed E-state index contributed by atoms with van der Waals surface area (Å²) in [7, 11) is 1.64. The van der Waals surface area contributed by atoms with Crippen LogP contribution in [0.5, 0.6) is 5.75 Å². The molecule has 0 saturated heterocycles. The zero-order chi connectivity index (χ0) is 28.1. The summed E-state index contributed by atoms with van der Waals surface area (Å²) in [5, 5.41) is 9.34. The molecule has 3 aromatic carbocycles. The standard InChI is InChI=1S/C33H24N2O5S/c1-39-23-12-9-20(10-13-23)30-26-15-11-19-5-2-3-8-25(19)29(26)34-33-35(30)31(36)28(41-33)18-24-14-16-27(40-24)21-6-4-7-22(17-21)32(37)38/h2-10,12-14,16-18,30H,11,15H2,1H3,(H,37,38)/b28-18+/t30-/m0/s1. The van der Waals surface area contributed by atoms with Crippen molar-refractivity contribution >= 4 is 29.1 Å². The molecular formula is C33H24N2O5S. The lowest BCUT2D eigenvalue weighted by Crippen LogP contribution is -2.38. The number of nitrogens with zero attached hydrogens (tertiary/aromatic N) is 2. The minimum Gasteiger partial charge on any atom is -0.497 e. The molecule has 41 heavy (non-hydrogen) atoms. The minimum absolute atomic E-state index is 0.134. The van der Waals surface area contributed by atoms with Crippen molar-refractivity contribution in [2.45, 2.75) is 18.9 Å². The number of thiazole rings is 1. The molecule has 7 nitrogen and oxygen atoms in total. The third kappa shape index (κ3) is 4.33. The summed E-state index contributed by atoms with van der Waals surface area (Å²) in [5.41, 5.74) is 6.15. The molecule has 0 spiro atoms. The smallest absolute Gasteiger partial charge is 0.335 e. The van der Waals surface area contributed by atoms with Crippen LogP contribution in [0.25, 0.3) is 23.1 Å². The monoisotopic (exact) mass is 560 g/mol. The van der Waals surface area contributed by atoms with Gasteiger partial charge in [0.2, 0.25) is 0 Å². The molecular weight excluding hydrogens is 536 g/mol. The fourth-order valence-electron chi connectivity index (χ4n) is 5.63. The topological polar surface area (TPSA) is 94.0 Å². The van der Waals surface area contributed by atoms with Gasteiger partial charge in [-0.15, -0.1) is 0 Å². The molecule has 0 unspecified atom stereocenters. The Bertz CT molecular complexity index is 2050. The maximum atomic E-state index is 14.0. The van der Waals surface area contributed by atoms with Crippen LogP contribution in [0.4, 0.5) is 0 Å². The number of rotatable bonds is 5. The van der Waals surface area contributed by atoms with Crippen LogP contribution in [-0.4, -0.2) is 22.8 Å². The molecule has 0 radical (unpaired) electrons. The second kappa shape index (κ2) is 9.91. The van der Waals surface area contributed by atoms with E-state index in [4.69, 9.17) is 14.1 Å². The van der Waals surface area contributed by atoms with Gasteiger partial charge in [0, 0.05) is 17.2 Å². The Morgan fingerprint density at radius 3 is 2.68 bits per heavy atom. The molecule has 2 aliphatic rings. The molecule has 3 heterocycles. The Morgan fingerprint density at radius 1 is 1.05 bits per heavy atom. The van der Waals surface area contributed by atoms with Gasteiger partial charge in [-0.2, -0.15) is 0 Å². The van der Waals surface area contributed by atoms with E-state index in [1.807, 2.05) is 30.3 Å². The van der Waals surface area contributed by atoms with Gasteiger partial charge in [0.15, 0.2) is 4.80 Å². The Labute approximate surface area is 238 Å². The maximum Gasteiger partial charge on any atom is 0.335 e. The van der Waals surface area contributed by atoms with E-state index in [0.717, 1.165) is 41.0 Å². The van der Waals surface area contributed by atoms with Crippen LogP contribution < -0.4 is 19.6 Å². The molecule has 0 amide bonds. The molecule has 202 valence electrons. The number of hydrogen-bond acceptors (Lipinski definition) is 6. The minimum atomic E-state index is -1.00. The number of ether oxygens (including phenoxy) is 1. The summed E-state index contributed by atoms with van der Waals surface area (Å²) < 4.78 is 13.7. The van der Waals surface area contributed by atoms with Gasteiger partial charge < -0.3 is 14.3 Å². The van der Waals surface area contributed by atoms with Gasteiger partial charge in [0.05, 0.1) is 28.9 Å². The summed E-state index contributed by atoms with van der Waals surface area (Å²) in [6.07, 6.45) is 3.43. The molecule has 1 aliphatic carbocycles. The molecule has 0 bridgehead atoms. The van der Waals surface area contributed by atoms with Gasteiger partial charge in [-0.05, 0) is 65.9 Å². The maximum absolute atomic E-state index is 14.0. The van der Waals surface area contributed by atoms with Crippen LogP contribution in [0.2, 0.25) is 0 Å². The molecule has 0 saturated carbocycles. The number of fused-ring (bicyclic) bond motifs is 3. The summed E-state index contributed by atoms with van der Waals surface area (Å²) in [6.45, 7) is 0. The largest absolute Gasteiger partial charge is 0.497 e. The number of carboxylic acid groups (broad SMARTS) is 1. The van der Waals surface area contributed by atoms with E-state index in [1.165, 1.54) is 23.0 Å².